The summed E-state index contributed by atoms with van der Waals surface area (Å²) in [6.45, 7) is 11.7. The lowest BCUT2D eigenvalue weighted by Crippen LogP contribution is -2.18. The van der Waals surface area contributed by atoms with Gasteiger partial charge in [0.2, 0.25) is 0 Å². The van der Waals surface area contributed by atoms with Gasteiger partial charge in [0.05, 0.1) is 0 Å². The van der Waals surface area contributed by atoms with Crippen LogP contribution >= 0.6 is 0 Å². The molecule has 0 saturated heterocycles. The van der Waals surface area contributed by atoms with Crippen molar-refractivity contribution >= 4 is 0 Å². The van der Waals surface area contributed by atoms with Gasteiger partial charge in [-0.15, -0.1) is 0 Å². The van der Waals surface area contributed by atoms with Crippen molar-refractivity contribution in [2.45, 2.75) is 65.2 Å². The highest BCUT2D eigenvalue weighted by molar-refractivity contribution is 5.39. The molecule has 0 aliphatic heterocycles. The lowest BCUT2D eigenvalue weighted by atomic mass is 9.74. The SMILES string of the molecule is CC(C)C1CCCc2ccc(C(C)(C)C)cc21. The molecule has 1 aliphatic carbocycles. The molecule has 0 bridgehead atoms. The minimum Gasteiger partial charge on any atom is -0.0622 e. The second-order valence-corrected chi connectivity index (χ2v) is 6.91. The Hall–Kier alpha value is -0.780. The van der Waals surface area contributed by atoms with E-state index in [0.717, 1.165) is 11.8 Å². The monoisotopic (exact) mass is 230 g/mol. The van der Waals surface area contributed by atoms with Crippen LogP contribution in [0.3, 0.4) is 0 Å². The van der Waals surface area contributed by atoms with Crippen LogP contribution < -0.4 is 0 Å². The van der Waals surface area contributed by atoms with E-state index in [1.807, 2.05) is 0 Å². The Kier molecular flexibility index (Phi) is 3.34. The third-order valence-electron chi connectivity index (χ3n) is 4.18. The molecule has 0 aromatic heterocycles. The number of fused-ring (bicyclic) bond motifs is 1. The smallest absolute Gasteiger partial charge is 0.0132 e. The van der Waals surface area contributed by atoms with E-state index in [1.165, 1.54) is 24.8 Å². The maximum absolute atomic E-state index is 2.49. The van der Waals surface area contributed by atoms with E-state index in [9.17, 15) is 0 Å². The van der Waals surface area contributed by atoms with Gasteiger partial charge in [0.1, 0.15) is 0 Å². The van der Waals surface area contributed by atoms with E-state index in [4.69, 9.17) is 0 Å². The van der Waals surface area contributed by atoms with E-state index in [-0.39, 0.29) is 5.41 Å². The van der Waals surface area contributed by atoms with Crippen molar-refractivity contribution in [1.82, 2.24) is 0 Å². The number of benzene rings is 1. The van der Waals surface area contributed by atoms with Crippen LogP contribution in [0.15, 0.2) is 18.2 Å². The predicted molar refractivity (Wildman–Crippen MR) is 75.7 cm³/mol. The van der Waals surface area contributed by atoms with Crippen molar-refractivity contribution in [2.75, 3.05) is 0 Å². The molecule has 1 unspecified atom stereocenters. The fraction of sp³-hybridized carbons (Fsp3) is 0.647. The maximum Gasteiger partial charge on any atom is -0.0132 e. The summed E-state index contributed by atoms with van der Waals surface area (Å²) in [6, 6.07) is 7.20. The molecular weight excluding hydrogens is 204 g/mol. The van der Waals surface area contributed by atoms with Gasteiger partial charge in [-0.1, -0.05) is 52.8 Å². The summed E-state index contributed by atoms with van der Waals surface area (Å²) in [4.78, 5) is 0. The van der Waals surface area contributed by atoms with Gasteiger partial charge in [-0.3, -0.25) is 0 Å². The van der Waals surface area contributed by atoms with E-state index in [0.29, 0.717) is 0 Å². The van der Waals surface area contributed by atoms with Gasteiger partial charge in [-0.25, -0.2) is 0 Å². The van der Waals surface area contributed by atoms with Crippen LogP contribution in [0.5, 0.6) is 0 Å². The molecule has 94 valence electrons. The molecule has 0 saturated carbocycles. The molecule has 0 spiro atoms. The minimum absolute atomic E-state index is 0.272. The minimum atomic E-state index is 0.272. The fourth-order valence-electron chi connectivity index (χ4n) is 2.99. The third kappa shape index (κ3) is 2.56. The summed E-state index contributed by atoms with van der Waals surface area (Å²) < 4.78 is 0. The first-order valence-corrected chi connectivity index (χ1v) is 7.03. The zero-order chi connectivity index (χ0) is 12.6. The van der Waals surface area contributed by atoms with Crippen molar-refractivity contribution < 1.29 is 0 Å². The standard InChI is InChI=1S/C17H26/c1-12(2)15-8-6-7-13-9-10-14(11-16(13)15)17(3,4)5/h9-12,15H,6-8H2,1-5H3. The molecule has 0 fully saturated rings. The molecule has 1 aliphatic rings. The molecule has 0 N–H and O–H groups in total. The lowest BCUT2D eigenvalue weighted by molar-refractivity contribution is 0.432. The van der Waals surface area contributed by atoms with Crippen molar-refractivity contribution in [3.8, 4) is 0 Å². The van der Waals surface area contributed by atoms with E-state index in [1.54, 1.807) is 11.1 Å². The quantitative estimate of drug-likeness (QED) is 0.632. The average molecular weight is 230 g/mol. The van der Waals surface area contributed by atoms with Gasteiger partial charge in [-0.2, -0.15) is 0 Å². The topological polar surface area (TPSA) is 0 Å². The van der Waals surface area contributed by atoms with Crippen molar-refractivity contribution in [1.29, 1.82) is 0 Å². The summed E-state index contributed by atoms with van der Waals surface area (Å²) in [5.74, 6) is 1.55. The molecule has 1 aromatic carbocycles. The summed E-state index contributed by atoms with van der Waals surface area (Å²) >= 11 is 0. The Bertz CT molecular complexity index is 393. The first-order chi connectivity index (χ1) is 7.89. The third-order valence-corrected chi connectivity index (χ3v) is 4.18. The molecule has 0 heteroatoms. The molecule has 0 radical (unpaired) electrons. The summed E-state index contributed by atoms with van der Waals surface area (Å²) in [5.41, 5.74) is 5.00. The van der Waals surface area contributed by atoms with Crippen LogP contribution in [0.1, 0.15) is 70.1 Å². The van der Waals surface area contributed by atoms with Crippen LogP contribution in [0.4, 0.5) is 0 Å². The second kappa shape index (κ2) is 4.48. The maximum atomic E-state index is 2.49. The largest absolute Gasteiger partial charge is 0.0622 e. The summed E-state index contributed by atoms with van der Waals surface area (Å²) in [6.07, 6.45) is 4.02. The zero-order valence-electron chi connectivity index (χ0n) is 12.0. The Balaban J connectivity index is 2.44. The predicted octanol–water partition coefficient (Wildman–Crippen LogP) is 5.06. The number of hydrogen-bond acceptors (Lipinski definition) is 0. The van der Waals surface area contributed by atoms with Gasteiger partial charge in [0.15, 0.2) is 0 Å². The van der Waals surface area contributed by atoms with Crippen LogP contribution in [-0.4, -0.2) is 0 Å². The molecule has 0 nitrogen and oxygen atoms in total. The van der Waals surface area contributed by atoms with Gasteiger partial charge in [-0.05, 0) is 53.2 Å². The lowest BCUT2D eigenvalue weighted by Gasteiger charge is -2.31. The number of rotatable bonds is 1. The van der Waals surface area contributed by atoms with Crippen molar-refractivity contribution in [3.63, 3.8) is 0 Å². The van der Waals surface area contributed by atoms with E-state index < -0.39 is 0 Å². The Morgan fingerprint density at radius 1 is 1.18 bits per heavy atom. The van der Waals surface area contributed by atoms with Crippen molar-refractivity contribution in [3.05, 3.63) is 34.9 Å². The summed E-state index contributed by atoms with van der Waals surface area (Å²) in [7, 11) is 0. The fourth-order valence-corrected chi connectivity index (χ4v) is 2.99. The highest BCUT2D eigenvalue weighted by Gasteiger charge is 2.24. The molecular formula is C17H26. The normalized spacial score (nSPS) is 20.5. The number of hydrogen-bond donors (Lipinski definition) is 0. The molecule has 0 amide bonds. The van der Waals surface area contributed by atoms with Gasteiger partial charge < -0.3 is 0 Å². The molecule has 0 heterocycles. The van der Waals surface area contributed by atoms with Crippen LogP contribution in [0.2, 0.25) is 0 Å². The van der Waals surface area contributed by atoms with E-state index in [2.05, 4.69) is 52.8 Å². The Morgan fingerprint density at radius 2 is 1.88 bits per heavy atom. The summed E-state index contributed by atoms with van der Waals surface area (Å²) in [5, 5.41) is 0. The molecule has 2 rings (SSSR count). The number of aryl methyl sites for hydroxylation is 1. The van der Waals surface area contributed by atoms with Crippen LogP contribution in [-0.2, 0) is 11.8 Å². The highest BCUT2D eigenvalue weighted by atomic mass is 14.3. The first-order valence-electron chi connectivity index (χ1n) is 7.03. The highest BCUT2D eigenvalue weighted by Crippen LogP contribution is 2.38. The van der Waals surface area contributed by atoms with Gasteiger partial charge in [0.25, 0.3) is 0 Å². The van der Waals surface area contributed by atoms with Gasteiger partial charge >= 0.3 is 0 Å². The van der Waals surface area contributed by atoms with Crippen LogP contribution in [0, 0.1) is 5.92 Å². The zero-order valence-corrected chi connectivity index (χ0v) is 12.0. The Labute approximate surface area is 106 Å². The van der Waals surface area contributed by atoms with Crippen molar-refractivity contribution in [2.24, 2.45) is 5.92 Å². The Morgan fingerprint density at radius 3 is 2.47 bits per heavy atom. The first kappa shape index (κ1) is 12.7. The van der Waals surface area contributed by atoms with Gasteiger partial charge in [0, 0.05) is 0 Å². The molecule has 17 heavy (non-hydrogen) atoms. The molecule has 1 atom stereocenters. The second-order valence-electron chi connectivity index (χ2n) is 6.91. The molecule has 1 aromatic rings. The average Bonchev–Trinajstić information content (AvgIpc) is 2.26. The van der Waals surface area contributed by atoms with E-state index >= 15 is 0 Å². The van der Waals surface area contributed by atoms with Crippen LogP contribution in [0.25, 0.3) is 0 Å².